The van der Waals surface area contributed by atoms with E-state index in [-0.39, 0.29) is 6.04 Å². The van der Waals surface area contributed by atoms with Crippen LogP contribution < -0.4 is 10.6 Å². The van der Waals surface area contributed by atoms with Gasteiger partial charge in [-0.3, -0.25) is 0 Å². The predicted molar refractivity (Wildman–Crippen MR) is 89.1 cm³/mol. The van der Waals surface area contributed by atoms with Crippen molar-refractivity contribution < 1.29 is 0 Å². The second kappa shape index (κ2) is 6.07. The minimum Gasteiger partial charge on any atom is -0.368 e. The van der Waals surface area contributed by atoms with Gasteiger partial charge in [0.1, 0.15) is 0 Å². The predicted octanol–water partition coefficient (Wildman–Crippen LogP) is 4.63. The molecule has 2 nitrogen and oxygen atoms in total. The molecule has 1 heterocycles. The molecule has 2 N–H and O–H groups in total. The van der Waals surface area contributed by atoms with E-state index in [0.29, 0.717) is 0 Å². The largest absolute Gasteiger partial charge is 0.368 e. The molecule has 1 aromatic carbocycles. The molecular formula is C17H25BrN2. The van der Waals surface area contributed by atoms with Gasteiger partial charge in [-0.25, -0.2) is 0 Å². The van der Waals surface area contributed by atoms with Crippen LogP contribution in [0.1, 0.15) is 57.1 Å². The average molecular weight is 337 g/mol. The summed E-state index contributed by atoms with van der Waals surface area (Å²) in [6, 6.07) is 7.58. The second-order valence-electron chi connectivity index (χ2n) is 6.44. The number of nitrogens with two attached hydrogens (primary N) is 1. The number of halogens is 1. The van der Waals surface area contributed by atoms with Gasteiger partial charge < -0.3 is 10.6 Å². The van der Waals surface area contributed by atoms with Crippen LogP contribution in [0.5, 0.6) is 0 Å². The quantitative estimate of drug-likeness (QED) is 0.853. The second-order valence-corrected chi connectivity index (χ2v) is 7.30. The standard InChI is InChI=1S/C17H25BrN2/c1-12(19)15-9-8-14(11-16(15)18)20-10-4-6-13-5-2-3-7-17(13)20/h8-9,11-13,17H,2-7,10,19H2,1H3/t12-,13?,17?/m0/s1. The van der Waals surface area contributed by atoms with E-state index in [0.717, 1.165) is 16.4 Å². The molecule has 0 aromatic heterocycles. The van der Waals surface area contributed by atoms with E-state index in [1.54, 1.807) is 0 Å². The van der Waals surface area contributed by atoms with Crippen molar-refractivity contribution in [2.24, 2.45) is 11.7 Å². The first-order valence-electron chi connectivity index (χ1n) is 7.98. The lowest BCUT2D eigenvalue weighted by Crippen LogP contribution is -2.46. The van der Waals surface area contributed by atoms with Crippen molar-refractivity contribution in [3.63, 3.8) is 0 Å². The fourth-order valence-electron chi connectivity index (χ4n) is 4.01. The Morgan fingerprint density at radius 2 is 1.95 bits per heavy atom. The minimum atomic E-state index is 0.0854. The van der Waals surface area contributed by atoms with Crippen LogP contribution in [-0.2, 0) is 0 Å². The van der Waals surface area contributed by atoms with Gasteiger partial charge in [-0.15, -0.1) is 0 Å². The molecule has 3 atom stereocenters. The average Bonchev–Trinajstić information content (AvgIpc) is 2.46. The fourth-order valence-corrected chi connectivity index (χ4v) is 4.74. The minimum absolute atomic E-state index is 0.0854. The van der Waals surface area contributed by atoms with E-state index in [2.05, 4.69) is 39.0 Å². The Morgan fingerprint density at radius 1 is 1.20 bits per heavy atom. The van der Waals surface area contributed by atoms with E-state index < -0.39 is 0 Å². The van der Waals surface area contributed by atoms with Crippen LogP contribution in [0.25, 0.3) is 0 Å². The molecule has 1 aliphatic heterocycles. The fraction of sp³-hybridized carbons (Fsp3) is 0.647. The van der Waals surface area contributed by atoms with Crippen molar-refractivity contribution in [2.75, 3.05) is 11.4 Å². The maximum absolute atomic E-state index is 6.01. The smallest absolute Gasteiger partial charge is 0.0380 e. The highest BCUT2D eigenvalue weighted by molar-refractivity contribution is 9.10. The Hall–Kier alpha value is -0.540. The Kier molecular flexibility index (Phi) is 4.37. The number of piperidine rings is 1. The van der Waals surface area contributed by atoms with Gasteiger partial charge in [0.05, 0.1) is 0 Å². The Morgan fingerprint density at radius 3 is 2.70 bits per heavy atom. The highest BCUT2D eigenvalue weighted by atomic mass is 79.9. The number of benzene rings is 1. The first-order chi connectivity index (χ1) is 9.66. The Labute approximate surface area is 130 Å². The third-order valence-corrected chi connectivity index (χ3v) is 5.74. The van der Waals surface area contributed by atoms with E-state index in [1.807, 2.05) is 6.92 Å². The highest BCUT2D eigenvalue weighted by Crippen LogP contribution is 2.39. The van der Waals surface area contributed by atoms with Crippen LogP contribution in [0.15, 0.2) is 22.7 Å². The monoisotopic (exact) mass is 336 g/mol. The molecule has 0 bridgehead atoms. The van der Waals surface area contributed by atoms with Gasteiger partial charge in [0.25, 0.3) is 0 Å². The maximum Gasteiger partial charge on any atom is 0.0380 e. The van der Waals surface area contributed by atoms with Crippen LogP contribution in [0, 0.1) is 5.92 Å². The summed E-state index contributed by atoms with van der Waals surface area (Å²) in [6.07, 6.45) is 8.41. The zero-order valence-electron chi connectivity index (χ0n) is 12.3. The molecule has 1 saturated heterocycles. The molecule has 0 amide bonds. The molecule has 3 rings (SSSR count). The van der Waals surface area contributed by atoms with Gasteiger partial charge >= 0.3 is 0 Å². The first-order valence-corrected chi connectivity index (χ1v) is 8.78. The van der Waals surface area contributed by atoms with Crippen LogP contribution in [-0.4, -0.2) is 12.6 Å². The van der Waals surface area contributed by atoms with Gasteiger partial charge in [0.2, 0.25) is 0 Å². The lowest BCUT2D eigenvalue weighted by Gasteiger charge is -2.45. The summed E-state index contributed by atoms with van der Waals surface area (Å²) in [6.45, 7) is 3.25. The summed E-state index contributed by atoms with van der Waals surface area (Å²) in [5, 5.41) is 0. The van der Waals surface area contributed by atoms with Crippen LogP contribution >= 0.6 is 15.9 Å². The van der Waals surface area contributed by atoms with Crippen LogP contribution in [0.3, 0.4) is 0 Å². The van der Waals surface area contributed by atoms with Gasteiger partial charge in [0, 0.05) is 28.8 Å². The third kappa shape index (κ3) is 2.75. The van der Waals surface area contributed by atoms with Crippen molar-refractivity contribution in [1.82, 2.24) is 0 Å². The van der Waals surface area contributed by atoms with Crippen molar-refractivity contribution in [2.45, 2.75) is 57.5 Å². The topological polar surface area (TPSA) is 29.3 Å². The maximum atomic E-state index is 6.01. The van der Waals surface area contributed by atoms with Gasteiger partial charge in [0.15, 0.2) is 0 Å². The number of nitrogens with zero attached hydrogens (tertiary/aromatic N) is 1. The molecule has 1 aromatic rings. The summed E-state index contributed by atoms with van der Waals surface area (Å²) in [5.74, 6) is 0.921. The summed E-state index contributed by atoms with van der Waals surface area (Å²) in [4.78, 5) is 2.66. The molecule has 2 fully saturated rings. The van der Waals surface area contributed by atoms with Crippen molar-refractivity contribution >= 4 is 21.6 Å². The first kappa shape index (κ1) is 14.4. The van der Waals surface area contributed by atoms with Gasteiger partial charge in [-0.1, -0.05) is 34.8 Å². The Bertz CT molecular complexity index is 470. The van der Waals surface area contributed by atoms with Crippen molar-refractivity contribution in [1.29, 1.82) is 0 Å². The molecule has 2 unspecified atom stereocenters. The van der Waals surface area contributed by atoms with E-state index in [4.69, 9.17) is 5.73 Å². The summed E-state index contributed by atoms with van der Waals surface area (Å²) < 4.78 is 1.16. The normalized spacial score (nSPS) is 28.1. The van der Waals surface area contributed by atoms with Crippen molar-refractivity contribution in [3.05, 3.63) is 28.2 Å². The van der Waals surface area contributed by atoms with E-state index in [1.165, 1.54) is 56.3 Å². The number of hydrogen-bond donors (Lipinski definition) is 1. The SMILES string of the molecule is C[C@H](N)c1ccc(N2CCCC3CCCCC32)cc1Br. The molecule has 0 spiro atoms. The van der Waals surface area contributed by atoms with Crippen LogP contribution in [0.4, 0.5) is 5.69 Å². The van der Waals surface area contributed by atoms with E-state index in [9.17, 15) is 0 Å². The summed E-state index contributed by atoms with van der Waals surface area (Å²) >= 11 is 3.70. The molecule has 2 aliphatic rings. The van der Waals surface area contributed by atoms with Crippen molar-refractivity contribution in [3.8, 4) is 0 Å². The molecule has 110 valence electrons. The van der Waals surface area contributed by atoms with E-state index >= 15 is 0 Å². The number of anilines is 1. The lowest BCUT2D eigenvalue weighted by molar-refractivity contribution is 0.244. The Balaban J connectivity index is 1.85. The van der Waals surface area contributed by atoms with Gasteiger partial charge in [-0.05, 0) is 56.2 Å². The number of hydrogen-bond acceptors (Lipinski definition) is 2. The molecule has 0 radical (unpaired) electrons. The molecule has 20 heavy (non-hydrogen) atoms. The van der Waals surface area contributed by atoms with Gasteiger partial charge in [-0.2, -0.15) is 0 Å². The highest BCUT2D eigenvalue weighted by Gasteiger charge is 2.33. The number of rotatable bonds is 2. The number of fused-ring (bicyclic) bond motifs is 1. The molecule has 3 heteroatoms. The van der Waals surface area contributed by atoms with Crippen LogP contribution in [0.2, 0.25) is 0 Å². The molecule has 1 saturated carbocycles. The molecular weight excluding hydrogens is 312 g/mol. The summed E-state index contributed by atoms with van der Waals surface area (Å²) in [7, 11) is 0. The summed E-state index contributed by atoms with van der Waals surface area (Å²) in [5.41, 5.74) is 8.58. The third-order valence-electron chi connectivity index (χ3n) is 5.05. The lowest BCUT2D eigenvalue weighted by atomic mass is 9.78. The zero-order chi connectivity index (χ0) is 14.1. The molecule has 1 aliphatic carbocycles. The zero-order valence-corrected chi connectivity index (χ0v) is 13.9.